The lowest BCUT2D eigenvalue weighted by atomic mass is 9.95. The van der Waals surface area contributed by atoms with E-state index in [2.05, 4.69) is 16.3 Å². The molecule has 6 nitrogen and oxygen atoms in total. The van der Waals surface area contributed by atoms with Gasteiger partial charge in [0, 0.05) is 25.7 Å². The van der Waals surface area contributed by atoms with E-state index >= 15 is 0 Å². The minimum atomic E-state index is -0.328. The van der Waals surface area contributed by atoms with Crippen molar-refractivity contribution >= 4 is 5.91 Å². The highest BCUT2D eigenvalue weighted by Crippen LogP contribution is 2.29. The summed E-state index contributed by atoms with van der Waals surface area (Å²) in [5.41, 5.74) is 1.20. The maximum atomic E-state index is 12.9. The summed E-state index contributed by atoms with van der Waals surface area (Å²) in [5, 5.41) is 3.25. The van der Waals surface area contributed by atoms with Gasteiger partial charge in [0.25, 0.3) is 5.91 Å². The zero-order valence-corrected chi connectivity index (χ0v) is 15.8. The van der Waals surface area contributed by atoms with Crippen LogP contribution in [-0.4, -0.2) is 63.4 Å². The molecular weight excluding hydrogens is 332 g/mol. The van der Waals surface area contributed by atoms with Gasteiger partial charge in [-0.1, -0.05) is 6.07 Å². The van der Waals surface area contributed by atoms with Gasteiger partial charge in [-0.3, -0.25) is 4.79 Å². The predicted molar refractivity (Wildman–Crippen MR) is 99.8 cm³/mol. The first kappa shape index (κ1) is 19.0. The van der Waals surface area contributed by atoms with E-state index in [1.165, 1.54) is 12.0 Å². The zero-order valence-electron chi connectivity index (χ0n) is 15.8. The van der Waals surface area contributed by atoms with Crippen LogP contribution in [0.25, 0.3) is 0 Å². The van der Waals surface area contributed by atoms with Crippen LogP contribution in [0.4, 0.5) is 0 Å². The molecule has 0 aromatic heterocycles. The number of carbonyl (C=O) groups excluding carboxylic acids is 1. The number of hydrogen-bond donors (Lipinski definition) is 1. The van der Waals surface area contributed by atoms with Crippen molar-refractivity contribution in [1.29, 1.82) is 0 Å². The van der Waals surface area contributed by atoms with Gasteiger partial charge < -0.3 is 24.4 Å². The number of benzene rings is 1. The summed E-state index contributed by atoms with van der Waals surface area (Å²) >= 11 is 0. The predicted octanol–water partition coefficient (Wildman–Crippen LogP) is 2.01. The number of nitrogens with one attached hydrogen (secondary N) is 1. The molecule has 144 valence electrons. The van der Waals surface area contributed by atoms with Gasteiger partial charge in [-0.2, -0.15) is 0 Å². The van der Waals surface area contributed by atoms with Crippen molar-refractivity contribution in [2.45, 2.75) is 44.2 Å². The Morgan fingerprint density at radius 1 is 1.27 bits per heavy atom. The lowest BCUT2D eigenvalue weighted by molar-refractivity contribution is -0.149. The van der Waals surface area contributed by atoms with Gasteiger partial charge in [-0.15, -0.1) is 0 Å². The van der Waals surface area contributed by atoms with Gasteiger partial charge >= 0.3 is 0 Å². The number of rotatable bonds is 6. The molecule has 2 heterocycles. The largest absolute Gasteiger partial charge is 0.493 e. The van der Waals surface area contributed by atoms with E-state index in [1.54, 1.807) is 14.2 Å². The highest BCUT2D eigenvalue weighted by atomic mass is 16.5. The van der Waals surface area contributed by atoms with Gasteiger partial charge in [0.15, 0.2) is 11.5 Å². The fourth-order valence-electron chi connectivity index (χ4n) is 3.87. The summed E-state index contributed by atoms with van der Waals surface area (Å²) in [6.07, 6.45) is 4.88. The number of aryl methyl sites for hydroxylation is 1. The molecule has 26 heavy (non-hydrogen) atoms. The zero-order chi connectivity index (χ0) is 18.4. The van der Waals surface area contributed by atoms with Crippen LogP contribution in [0.1, 0.15) is 31.2 Å². The van der Waals surface area contributed by atoms with E-state index in [9.17, 15) is 4.79 Å². The number of morpholine rings is 1. The summed E-state index contributed by atoms with van der Waals surface area (Å²) < 4.78 is 16.4. The fraction of sp³-hybridized carbons (Fsp3) is 0.650. The number of hydrogen-bond acceptors (Lipinski definition) is 5. The van der Waals surface area contributed by atoms with Crippen LogP contribution in [0.5, 0.6) is 11.5 Å². The highest BCUT2D eigenvalue weighted by Gasteiger charge is 2.32. The third kappa shape index (κ3) is 4.48. The maximum absolute atomic E-state index is 12.9. The van der Waals surface area contributed by atoms with Gasteiger partial charge in [0.1, 0.15) is 6.10 Å². The Morgan fingerprint density at radius 2 is 2.12 bits per heavy atom. The Kier molecular flexibility index (Phi) is 6.74. The minimum Gasteiger partial charge on any atom is -0.493 e. The Balaban J connectivity index is 1.62. The van der Waals surface area contributed by atoms with Crippen LogP contribution in [0, 0.1) is 0 Å². The Hall–Kier alpha value is -1.79. The average molecular weight is 362 g/mol. The van der Waals surface area contributed by atoms with Crippen molar-refractivity contribution in [3.8, 4) is 11.5 Å². The molecule has 1 aromatic rings. The number of ether oxygens (including phenoxy) is 3. The number of carbonyl (C=O) groups is 1. The Labute approximate surface area is 155 Å². The molecule has 2 saturated heterocycles. The maximum Gasteiger partial charge on any atom is 0.253 e. The molecule has 0 aliphatic carbocycles. The van der Waals surface area contributed by atoms with Crippen LogP contribution in [0.15, 0.2) is 18.2 Å². The highest BCUT2D eigenvalue weighted by molar-refractivity contribution is 5.81. The van der Waals surface area contributed by atoms with Crippen molar-refractivity contribution in [2.24, 2.45) is 0 Å². The first-order valence-corrected chi connectivity index (χ1v) is 9.56. The quantitative estimate of drug-likeness (QED) is 0.839. The van der Waals surface area contributed by atoms with E-state index in [4.69, 9.17) is 14.2 Å². The molecule has 2 aliphatic rings. The summed E-state index contributed by atoms with van der Waals surface area (Å²) in [7, 11) is 3.30. The second-order valence-electron chi connectivity index (χ2n) is 6.97. The van der Waals surface area contributed by atoms with Crippen LogP contribution in [-0.2, 0) is 16.0 Å². The second-order valence-corrected chi connectivity index (χ2v) is 6.97. The fourth-order valence-corrected chi connectivity index (χ4v) is 3.87. The number of amides is 1. The SMILES string of the molecule is COc1ccc(CC[C@H]2CCCCN2C(=O)[C@H]2CNCCO2)cc1OC. The average Bonchev–Trinajstić information content (AvgIpc) is 2.72. The number of piperidine rings is 1. The lowest BCUT2D eigenvalue weighted by Gasteiger charge is -2.38. The van der Waals surface area contributed by atoms with Crippen LogP contribution >= 0.6 is 0 Å². The third-order valence-corrected chi connectivity index (χ3v) is 5.33. The van der Waals surface area contributed by atoms with Crippen LogP contribution in [0.3, 0.4) is 0 Å². The van der Waals surface area contributed by atoms with Crippen molar-refractivity contribution in [3.05, 3.63) is 23.8 Å². The molecule has 0 unspecified atom stereocenters. The summed E-state index contributed by atoms with van der Waals surface area (Å²) in [4.78, 5) is 14.9. The number of nitrogens with zero attached hydrogens (tertiary/aromatic N) is 1. The van der Waals surface area contributed by atoms with E-state index in [0.29, 0.717) is 13.2 Å². The van der Waals surface area contributed by atoms with E-state index in [-0.39, 0.29) is 18.1 Å². The van der Waals surface area contributed by atoms with Crippen molar-refractivity contribution in [1.82, 2.24) is 10.2 Å². The molecule has 0 saturated carbocycles. The smallest absolute Gasteiger partial charge is 0.253 e. The summed E-state index contributed by atoms with van der Waals surface area (Å²) in [6, 6.07) is 6.33. The second kappa shape index (κ2) is 9.24. The van der Waals surface area contributed by atoms with Gasteiger partial charge in [0.2, 0.25) is 0 Å². The van der Waals surface area contributed by atoms with E-state index in [1.807, 2.05) is 12.1 Å². The molecule has 1 aromatic carbocycles. The Morgan fingerprint density at radius 3 is 2.85 bits per heavy atom. The van der Waals surface area contributed by atoms with Gasteiger partial charge in [0.05, 0.1) is 20.8 Å². The molecule has 2 atom stereocenters. The molecule has 1 N–H and O–H groups in total. The van der Waals surface area contributed by atoms with Crippen LogP contribution in [0.2, 0.25) is 0 Å². The van der Waals surface area contributed by atoms with E-state index in [0.717, 1.165) is 50.3 Å². The molecule has 0 radical (unpaired) electrons. The van der Waals surface area contributed by atoms with Crippen molar-refractivity contribution in [3.63, 3.8) is 0 Å². The van der Waals surface area contributed by atoms with Gasteiger partial charge in [-0.05, 0) is 49.8 Å². The van der Waals surface area contributed by atoms with Crippen LogP contribution < -0.4 is 14.8 Å². The molecule has 0 bridgehead atoms. The first-order chi connectivity index (χ1) is 12.7. The topological polar surface area (TPSA) is 60.0 Å². The molecule has 1 amide bonds. The lowest BCUT2D eigenvalue weighted by Crippen LogP contribution is -2.53. The Bertz CT molecular complexity index is 601. The third-order valence-electron chi connectivity index (χ3n) is 5.33. The standard InChI is InChI=1S/C20H30N2O4/c1-24-17-9-7-15(13-18(17)25-2)6-8-16-5-3-4-11-22(16)20(23)19-14-21-10-12-26-19/h7,9,13,16,19,21H,3-6,8,10-12,14H2,1-2H3/t16-,19-/m1/s1. The molecule has 2 aliphatic heterocycles. The molecule has 0 spiro atoms. The molecule has 2 fully saturated rings. The number of methoxy groups -OCH3 is 2. The summed E-state index contributed by atoms with van der Waals surface area (Å²) in [6.45, 7) is 2.90. The number of likely N-dealkylation sites (tertiary alicyclic amines) is 1. The van der Waals surface area contributed by atoms with Gasteiger partial charge in [-0.25, -0.2) is 0 Å². The molecule has 6 heteroatoms. The van der Waals surface area contributed by atoms with Crippen molar-refractivity contribution < 1.29 is 19.0 Å². The minimum absolute atomic E-state index is 0.147. The molecular formula is C20H30N2O4. The molecule has 3 rings (SSSR count). The first-order valence-electron chi connectivity index (χ1n) is 9.56. The normalized spacial score (nSPS) is 23.5. The summed E-state index contributed by atoms with van der Waals surface area (Å²) in [5.74, 6) is 1.64. The van der Waals surface area contributed by atoms with Crippen molar-refractivity contribution in [2.75, 3.05) is 40.5 Å². The monoisotopic (exact) mass is 362 g/mol. The van der Waals surface area contributed by atoms with E-state index < -0.39 is 0 Å².